The molecule has 0 bridgehead atoms. The fraction of sp³-hybridized carbons (Fsp3) is 1.00. The molecule has 0 saturated heterocycles. The van der Waals surface area contributed by atoms with Gasteiger partial charge in [0.15, 0.2) is 0 Å². The van der Waals surface area contributed by atoms with Crippen molar-refractivity contribution in [3.8, 4) is 0 Å². The Kier molecular flexibility index (Phi) is 8.51. The summed E-state index contributed by atoms with van der Waals surface area (Å²) in [7, 11) is 0. The highest BCUT2D eigenvalue weighted by Crippen LogP contribution is 2.62. The first-order chi connectivity index (χ1) is 6.89. The third-order valence-corrected chi connectivity index (χ3v) is 6.86. The Bertz CT molecular complexity index is 196. The van der Waals surface area contributed by atoms with Crippen LogP contribution >= 0.6 is 17.1 Å². The Morgan fingerprint density at radius 1 is 1.20 bits per heavy atom. The Morgan fingerprint density at radius 2 is 1.67 bits per heavy atom. The summed E-state index contributed by atoms with van der Waals surface area (Å²) in [6, 6.07) is 0. The van der Waals surface area contributed by atoms with Gasteiger partial charge in [-0.1, -0.05) is 11.4 Å². The highest BCUT2D eigenvalue weighted by Gasteiger charge is 2.22. The smallest absolute Gasteiger partial charge is 0.247 e. The number of hydrogen-bond donors (Lipinski definition) is 1. The van der Waals surface area contributed by atoms with E-state index in [1.165, 1.54) is 11.4 Å². The van der Waals surface area contributed by atoms with Gasteiger partial charge >= 0.3 is 0 Å². The zero-order valence-electron chi connectivity index (χ0n) is 9.80. The van der Waals surface area contributed by atoms with Gasteiger partial charge in [0.2, 0.25) is 5.69 Å². The molecule has 0 heterocycles. The van der Waals surface area contributed by atoms with Crippen LogP contribution < -0.4 is 0 Å². The molecule has 0 aliphatic heterocycles. The van der Waals surface area contributed by atoms with Crippen LogP contribution in [-0.2, 0) is 20.9 Å². The lowest BCUT2D eigenvalue weighted by Crippen LogP contribution is -2.06. The van der Waals surface area contributed by atoms with Gasteiger partial charge in [-0.3, -0.25) is 0 Å². The molecular weight excluding hydrogens is 251 g/mol. The van der Waals surface area contributed by atoms with Crippen molar-refractivity contribution in [2.24, 2.45) is 0 Å². The summed E-state index contributed by atoms with van der Waals surface area (Å²) in [5.41, 5.74) is -2.22. The number of hydrogen-bond acceptors (Lipinski definition) is 5. The molecule has 0 saturated carbocycles. The van der Waals surface area contributed by atoms with Gasteiger partial charge in [-0.2, -0.15) is 0 Å². The Hall–Kier alpha value is 0.880. The second kappa shape index (κ2) is 8.04. The average Bonchev–Trinajstić information content (AvgIpc) is 2.00. The summed E-state index contributed by atoms with van der Waals surface area (Å²) in [6.07, 6.45) is 0.888. The first kappa shape index (κ1) is 15.9. The molecule has 92 valence electrons. The van der Waals surface area contributed by atoms with E-state index >= 15 is 0 Å². The van der Waals surface area contributed by atoms with E-state index in [1.54, 1.807) is 0 Å². The van der Waals surface area contributed by atoms with Crippen LogP contribution in [0.25, 0.3) is 0 Å². The van der Waals surface area contributed by atoms with E-state index in [0.29, 0.717) is 0 Å². The SMILES string of the molecule is CC(C)OP(=S)(OC(C)C)SCCCO. The van der Waals surface area contributed by atoms with Crippen LogP contribution in [0.4, 0.5) is 0 Å². The number of aliphatic hydroxyl groups is 1. The number of rotatable bonds is 8. The molecule has 0 rings (SSSR count). The van der Waals surface area contributed by atoms with Crippen LogP contribution in [0, 0.1) is 0 Å². The minimum atomic E-state index is -2.22. The van der Waals surface area contributed by atoms with Gasteiger partial charge in [0.05, 0.1) is 12.2 Å². The van der Waals surface area contributed by atoms with E-state index < -0.39 is 5.69 Å². The summed E-state index contributed by atoms with van der Waals surface area (Å²) >= 11 is 6.94. The third kappa shape index (κ3) is 8.66. The molecule has 0 radical (unpaired) electrons. The summed E-state index contributed by atoms with van der Waals surface area (Å²) < 4.78 is 11.4. The standard InChI is InChI=1S/C9H21O3PS2/c1-8(2)11-13(14,12-9(3)4)15-7-5-6-10/h8-10H,5-7H2,1-4H3. The lowest BCUT2D eigenvalue weighted by molar-refractivity contribution is 0.186. The van der Waals surface area contributed by atoms with Crippen molar-refractivity contribution in [2.75, 3.05) is 12.4 Å². The highest BCUT2D eigenvalue weighted by atomic mass is 32.9. The zero-order chi connectivity index (χ0) is 11.9. The maximum absolute atomic E-state index is 8.71. The fourth-order valence-electron chi connectivity index (χ4n) is 0.843. The van der Waals surface area contributed by atoms with Crippen molar-refractivity contribution in [3.05, 3.63) is 0 Å². The number of aliphatic hydroxyl groups excluding tert-OH is 1. The second-order valence-corrected chi connectivity index (χ2v) is 10.0. The van der Waals surface area contributed by atoms with Gasteiger partial charge in [0.1, 0.15) is 0 Å². The molecule has 0 aromatic heterocycles. The molecule has 3 nitrogen and oxygen atoms in total. The predicted octanol–water partition coefficient (Wildman–Crippen LogP) is 3.18. The van der Waals surface area contributed by atoms with Crippen LogP contribution in [0.3, 0.4) is 0 Å². The van der Waals surface area contributed by atoms with E-state index in [4.69, 9.17) is 26.0 Å². The quantitative estimate of drug-likeness (QED) is 0.543. The molecule has 15 heavy (non-hydrogen) atoms. The van der Waals surface area contributed by atoms with E-state index in [0.717, 1.165) is 12.2 Å². The van der Waals surface area contributed by atoms with Crippen molar-refractivity contribution >= 4 is 28.9 Å². The van der Waals surface area contributed by atoms with Crippen molar-refractivity contribution in [2.45, 2.75) is 46.3 Å². The van der Waals surface area contributed by atoms with Crippen molar-refractivity contribution in [1.29, 1.82) is 0 Å². The molecule has 0 fully saturated rings. The molecule has 0 aromatic carbocycles. The maximum atomic E-state index is 8.71. The van der Waals surface area contributed by atoms with Gasteiger partial charge in [-0.25, -0.2) is 0 Å². The zero-order valence-corrected chi connectivity index (χ0v) is 12.3. The van der Waals surface area contributed by atoms with Crippen LogP contribution in [0.2, 0.25) is 0 Å². The molecule has 1 N–H and O–H groups in total. The lowest BCUT2D eigenvalue weighted by atomic mass is 10.5. The Balaban J connectivity index is 4.21. The molecule has 0 aliphatic carbocycles. The maximum Gasteiger partial charge on any atom is 0.247 e. The van der Waals surface area contributed by atoms with Crippen LogP contribution in [0.1, 0.15) is 34.1 Å². The van der Waals surface area contributed by atoms with Crippen LogP contribution in [-0.4, -0.2) is 29.7 Å². The lowest BCUT2D eigenvalue weighted by Gasteiger charge is -2.25. The van der Waals surface area contributed by atoms with Crippen molar-refractivity contribution in [3.63, 3.8) is 0 Å². The van der Waals surface area contributed by atoms with E-state index in [-0.39, 0.29) is 18.8 Å². The minimum Gasteiger partial charge on any atom is -0.396 e. The van der Waals surface area contributed by atoms with Gasteiger partial charge in [0, 0.05) is 12.4 Å². The minimum absolute atomic E-state index is 0.0798. The van der Waals surface area contributed by atoms with Crippen molar-refractivity contribution < 1.29 is 14.2 Å². The fourth-order valence-corrected chi connectivity index (χ4v) is 6.69. The topological polar surface area (TPSA) is 38.7 Å². The Labute approximate surface area is 102 Å². The first-order valence-electron chi connectivity index (χ1n) is 5.12. The molecule has 0 unspecified atom stereocenters. The van der Waals surface area contributed by atoms with Crippen LogP contribution in [0.5, 0.6) is 0 Å². The Morgan fingerprint density at radius 3 is 2.00 bits per heavy atom. The van der Waals surface area contributed by atoms with E-state index in [2.05, 4.69) is 0 Å². The summed E-state index contributed by atoms with van der Waals surface area (Å²) in [5.74, 6) is 0.785. The summed E-state index contributed by atoms with van der Waals surface area (Å²) in [6.45, 7) is 8.01. The molecule has 0 spiro atoms. The van der Waals surface area contributed by atoms with Gasteiger partial charge in [0.25, 0.3) is 0 Å². The van der Waals surface area contributed by atoms with Gasteiger partial charge in [-0.05, 0) is 45.9 Å². The third-order valence-electron chi connectivity index (χ3n) is 1.23. The van der Waals surface area contributed by atoms with E-state index in [9.17, 15) is 0 Å². The molecule has 0 aliphatic rings. The molecule has 0 atom stereocenters. The van der Waals surface area contributed by atoms with Gasteiger partial charge < -0.3 is 14.2 Å². The van der Waals surface area contributed by atoms with Gasteiger partial charge in [-0.15, -0.1) is 0 Å². The molecule has 0 aromatic rings. The summed E-state index contributed by atoms with van der Waals surface area (Å²) in [4.78, 5) is 0. The van der Waals surface area contributed by atoms with E-state index in [1.807, 2.05) is 27.7 Å². The monoisotopic (exact) mass is 272 g/mol. The largest absolute Gasteiger partial charge is 0.396 e. The van der Waals surface area contributed by atoms with Crippen molar-refractivity contribution in [1.82, 2.24) is 0 Å². The molecule has 6 heteroatoms. The second-order valence-electron chi connectivity index (χ2n) is 3.67. The average molecular weight is 272 g/mol. The normalized spacial score (nSPS) is 12.7. The molecular formula is C9H21O3PS2. The highest BCUT2D eigenvalue weighted by molar-refractivity contribution is 8.67. The van der Waals surface area contributed by atoms with Crippen LogP contribution in [0.15, 0.2) is 0 Å². The summed E-state index contributed by atoms with van der Waals surface area (Å²) in [5, 5.41) is 8.71. The predicted molar refractivity (Wildman–Crippen MR) is 70.9 cm³/mol. The first-order valence-corrected chi connectivity index (χ1v) is 9.34. The molecule has 0 amide bonds.